The average Bonchev–Trinajstić information content (AvgIpc) is 3.13. The number of rotatable bonds is 4. The van der Waals surface area contributed by atoms with Gasteiger partial charge in [0.15, 0.2) is 5.65 Å². The maximum atomic E-state index is 13.1. The number of fused-ring (bicyclic) bond motifs is 1. The van der Waals surface area contributed by atoms with E-state index in [9.17, 15) is 9.18 Å². The van der Waals surface area contributed by atoms with Crippen LogP contribution in [-0.4, -0.2) is 57.5 Å². The number of aromatic nitrogens is 3. The van der Waals surface area contributed by atoms with Gasteiger partial charge in [-0.05, 0) is 43.1 Å². The van der Waals surface area contributed by atoms with Gasteiger partial charge in [0.1, 0.15) is 11.4 Å². The molecule has 1 aliphatic rings. The van der Waals surface area contributed by atoms with Gasteiger partial charge in [0, 0.05) is 39.3 Å². The molecule has 0 bridgehead atoms. The number of nitrogens with zero attached hydrogens (tertiary/aromatic N) is 5. The molecule has 4 rings (SSSR count). The summed E-state index contributed by atoms with van der Waals surface area (Å²) in [6, 6.07) is 8.70. The molecule has 1 atom stereocenters. The predicted molar refractivity (Wildman–Crippen MR) is 105 cm³/mol. The van der Waals surface area contributed by atoms with Gasteiger partial charge in [-0.15, -0.1) is 0 Å². The van der Waals surface area contributed by atoms with E-state index in [0.717, 1.165) is 43.7 Å². The van der Waals surface area contributed by atoms with E-state index in [-0.39, 0.29) is 11.7 Å². The Kier molecular flexibility index (Phi) is 5.09. The Morgan fingerprint density at radius 2 is 2.04 bits per heavy atom. The van der Waals surface area contributed by atoms with Gasteiger partial charge in [-0.3, -0.25) is 9.69 Å². The Morgan fingerprint density at radius 3 is 2.79 bits per heavy atom. The fourth-order valence-electron chi connectivity index (χ4n) is 3.90. The third-order valence-corrected chi connectivity index (χ3v) is 5.31. The molecule has 0 spiro atoms. The summed E-state index contributed by atoms with van der Waals surface area (Å²) in [6.45, 7) is 2.72. The van der Waals surface area contributed by atoms with E-state index >= 15 is 0 Å². The molecule has 1 aromatic carbocycles. The number of carbonyl (C=O) groups is 1. The second-order valence-corrected chi connectivity index (χ2v) is 7.56. The zero-order chi connectivity index (χ0) is 19.7. The summed E-state index contributed by atoms with van der Waals surface area (Å²) in [4.78, 5) is 20.7. The Balaban J connectivity index is 1.57. The van der Waals surface area contributed by atoms with E-state index in [2.05, 4.69) is 15.0 Å². The Hall–Kier alpha value is -2.80. The van der Waals surface area contributed by atoms with Crippen LogP contribution in [0.15, 0.2) is 42.7 Å². The van der Waals surface area contributed by atoms with Gasteiger partial charge in [-0.25, -0.2) is 13.9 Å². The van der Waals surface area contributed by atoms with E-state index < -0.39 is 0 Å². The molecule has 3 heterocycles. The zero-order valence-corrected chi connectivity index (χ0v) is 16.2. The van der Waals surface area contributed by atoms with Crippen LogP contribution >= 0.6 is 0 Å². The van der Waals surface area contributed by atoms with Crippen molar-refractivity contribution in [2.24, 2.45) is 0 Å². The number of amides is 1. The van der Waals surface area contributed by atoms with Gasteiger partial charge < -0.3 is 4.90 Å². The first-order chi connectivity index (χ1) is 13.5. The first-order valence-corrected chi connectivity index (χ1v) is 9.54. The molecular formula is C21H24FN5O. The van der Waals surface area contributed by atoms with Gasteiger partial charge >= 0.3 is 0 Å². The van der Waals surface area contributed by atoms with Crippen molar-refractivity contribution in [3.63, 3.8) is 0 Å². The monoisotopic (exact) mass is 381 g/mol. The smallest absolute Gasteiger partial charge is 0.258 e. The van der Waals surface area contributed by atoms with E-state index in [0.29, 0.717) is 17.1 Å². The quantitative estimate of drug-likeness (QED) is 0.697. The number of hydrogen-bond acceptors (Lipinski definition) is 4. The summed E-state index contributed by atoms with van der Waals surface area (Å²) >= 11 is 0. The Labute approximate surface area is 163 Å². The fraction of sp³-hybridized carbons (Fsp3) is 0.381. The van der Waals surface area contributed by atoms with Gasteiger partial charge in [0.05, 0.1) is 11.9 Å². The van der Waals surface area contributed by atoms with Crippen molar-refractivity contribution in [1.82, 2.24) is 24.4 Å². The van der Waals surface area contributed by atoms with Crippen molar-refractivity contribution in [3.8, 4) is 0 Å². The van der Waals surface area contributed by atoms with Crippen molar-refractivity contribution >= 4 is 11.6 Å². The predicted octanol–water partition coefficient (Wildman–Crippen LogP) is 2.95. The number of benzene rings is 1. The maximum absolute atomic E-state index is 13.1. The molecule has 1 fully saturated rings. The first-order valence-electron chi connectivity index (χ1n) is 9.54. The maximum Gasteiger partial charge on any atom is 0.258 e. The van der Waals surface area contributed by atoms with Crippen LogP contribution in [0, 0.1) is 5.82 Å². The molecule has 0 aliphatic carbocycles. The molecule has 1 saturated heterocycles. The summed E-state index contributed by atoms with van der Waals surface area (Å²) in [6.07, 6.45) is 5.52. The minimum Gasteiger partial charge on any atom is -0.345 e. The highest BCUT2D eigenvalue weighted by Crippen LogP contribution is 2.28. The summed E-state index contributed by atoms with van der Waals surface area (Å²) in [5, 5.41) is 4.46. The minimum absolute atomic E-state index is 0.0961. The molecule has 0 unspecified atom stereocenters. The first kappa shape index (κ1) is 18.6. The number of likely N-dealkylation sites (tertiary alicyclic amines) is 1. The van der Waals surface area contributed by atoms with Crippen LogP contribution in [0.5, 0.6) is 0 Å². The van der Waals surface area contributed by atoms with Gasteiger partial charge in [0.2, 0.25) is 0 Å². The SMILES string of the molecule is CN(C)C(=O)c1cnn2c([C@H]3CCCN(Cc4ccc(F)cc4)C3)ccnc12. The van der Waals surface area contributed by atoms with Crippen molar-refractivity contribution in [2.75, 3.05) is 27.2 Å². The lowest BCUT2D eigenvalue weighted by atomic mass is 9.94. The summed E-state index contributed by atoms with van der Waals surface area (Å²) in [5.41, 5.74) is 3.31. The number of piperidine rings is 1. The molecule has 2 aromatic heterocycles. The summed E-state index contributed by atoms with van der Waals surface area (Å²) in [7, 11) is 3.45. The van der Waals surface area contributed by atoms with Crippen LogP contribution in [0.2, 0.25) is 0 Å². The number of halogens is 1. The Morgan fingerprint density at radius 1 is 1.25 bits per heavy atom. The molecule has 1 aliphatic heterocycles. The van der Waals surface area contributed by atoms with Crippen LogP contribution in [0.1, 0.15) is 40.4 Å². The van der Waals surface area contributed by atoms with Crippen LogP contribution < -0.4 is 0 Å². The standard InChI is InChI=1S/C21H24FN5O/c1-25(2)21(28)18-12-24-27-19(9-10-23-20(18)27)16-4-3-11-26(14-16)13-15-5-7-17(22)8-6-15/h5-10,12,16H,3-4,11,13-14H2,1-2H3/t16-/m0/s1. The van der Waals surface area contributed by atoms with Crippen LogP contribution in [0.25, 0.3) is 5.65 Å². The highest BCUT2D eigenvalue weighted by atomic mass is 19.1. The lowest BCUT2D eigenvalue weighted by molar-refractivity contribution is 0.0829. The molecular weight excluding hydrogens is 357 g/mol. The van der Waals surface area contributed by atoms with Gasteiger partial charge in [0.25, 0.3) is 5.91 Å². The van der Waals surface area contributed by atoms with Gasteiger partial charge in [-0.1, -0.05) is 12.1 Å². The molecule has 6 nitrogen and oxygen atoms in total. The second-order valence-electron chi connectivity index (χ2n) is 7.56. The van der Waals surface area contributed by atoms with Crippen molar-refractivity contribution < 1.29 is 9.18 Å². The second kappa shape index (κ2) is 7.67. The molecule has 0 N–H and O–H groups in total. The third-order valence-electron chi connectivity index (χ3n) is 5.31. The van der Waals surface area contributed by atoms with Crippen LogP contribution in [0.3, 0.4) is 0 Å². The largest absolute Gasteiger partial charge is 0.345 e. The van der Waals surface area contributed by atoms with Crippen LogP contribution in [-0.2, 0) is 6.54 Å². The van der Waals surface area contributed by atoms with Crippen molar-refractivity contribution in [2.45, 2.75) is 25.3 Å². The highest BCUT2D eigenvalue weighted by molar-refractivity contribution is 5.99. The molecule has 0 saturated carbocycles. The van der Waals surface area contributed by atoms with Crippen LogP contribution in [0.4, 0.5) is 4.39 Å². The summed E-state index contributed by atoms with van der Waals surface area (Å²) in [5.74, 6) is 0.00402. The van der Waals surface area contributed by atoms with Crippen molar-refractivity contribution in [3.05, 3.63) is 65.4 Å². The number of hydrogen-bond donors (Lipinski definition) is 0. The highest BCUT2D eigenvalue weighted by Gasteiger charge is 2.25. The average molecular weight is 381 g/mol. The van der Waals surface area contributed by atoms with E-state index in [1.54, 1.807) is 26.5 Å². The fourth-order valence-corrected chi connectivity index (χ4v) is 3.90. The normalized spacial score (nSPS) is 17.8. The zero-order valence-electron chi connectivity index (χ0n) is 16.2. The number of carbonyl (C=O) groups excluding carboxylic acids is 1. The topological polar surface area (TPSA) is 53.7 Å². The summed E-state index contributed by atoms with van der Waals surface area (Å²) < 4.78 is 15.0. The lowest BCUT2D eigenvalue weighted by Gasteiger charge is -2.33. The molecule has 3 aromatic rings. The van der Waals surface area contributed by atoms with Gasteiger partial charge in [-0.2, -0.15) is 5.10 Å². The van der Waals surface area contributed by atoms with Crippen molar-refractivity contribution in [1.29, 1.82) is 0 Å². The van der Waals surface area contributed by atoms with E-state index in [1.807, 2.05) is 22.7 Å². The molecule has 1 amide bonds. The molecule has 28 heavy (non-hydrogen) atoms. The van der Waals surface area contributed by atoms with E-state index in [1.165, 1.54) is 17.0 Å². The lowest BCUT2D eigenvalue weighted by Crippen LogP contribution is -2.34. The molecule has 7 heteroatoms. The molecule has 146 valence electrons. The Bertz CT molecular complexity index is 982. The van der Waals surface area contributed by atoms with E-state index in [4.69, 9.17) is 0 Å². The third kappa shape index (κ3) is 3.62. The molecule has 0 radical (unpaired) electrons. The minimum atomic E-state index is -0.207.